The Hall–Kier alpha value is -3.93. The number of benzene rings is 3. The lowest BCUT2D eigenvalue weighted by Gasteiger charge is -2.57. The lowest BCUT2D eigenvalue weighted by atomic mass is 9.48. The van der Waals surface area contributed by atoms with Gasteiger partial charge in [-0.1, -0.05) is 42.5 Å². The van der Waals surface area contributed by atoms with Crippen molar-refractivity contribution in [3.8, 4) is 5.75 Å². The highest BCUT2D eigenvalue weighted by molar-refractivity contribution is 6.39. The van der Waals surface area contributed by atoms with Crippen LogP contribution < -0.4 is 15.0 Å². The minimum atomic E-state index is -0.721. The molecule has 0 radical (unpaired) electrons. The monoisotopic (exact) mass is 520 g/mol. The number of carbonyl (C=O) groups is 3. The smallest absolute Gasteiger partial charge is 0.335 e. The van der Waals surface area contributed by atoms with Crippen molar-refractivity contribution in [1.82, 2.24) is 5.32 Å². The lowest BCUT2D eigenvalue weighted by molar-refractivity contribution is -0.122. The SMILES string of the molecule is CCOc1ccc(/C=C2\C(=O)NC(=O)N(c3ccc(C45CC6CC(CC(C6)C4)C5)cc3)C2=O)c2ccccc12. The van der Waals surface area contributed by atoms with Crippen molar-refractivity contribution in [2.24, 2.45) is 17.8 Å². The van der Waals surface area contributed by atoms with E-state index in [4.69, 9.17) is 4.74 Å². The van der Waals surface area contributed by atoms with E-state index in [-0.39, 0.29) is 11.0 Å². The summed E-state index contributed by atoms with van der Waals surface area (Å²) in [4.78, 5) is 40.4. The van der Waals surface area contributed by atoms with Crippen LogP contribution in [-0.4, -0.2) is 24.5 Å². The van der Waals surface area contributed by atoms with Crippen LogP contribution in [0.25, 0.3) is 16.8 Å². The first kappa shape index (κ1) is 24.1. The minimum Gasteiger partial charge on any atom is -0.493 e. The minimum absolute atomic E-state index is 0.0749. The number of rotatable bonds is 5. The van der Waals surface area contributed by atoms with Gasteiger partial charge in [-0.25, -0.2) is 9.69 Å². The van der Waals surface area contributed by atoms with Crippen molar-refractivity contribution in [2.75, 3.05) is 11.5 Å². The van der Waals surface area contributed by atoms with Crippen molar-refractivity contribution in [1.29, 1.82) is 0 Å². The first-order valence-electron chi connectivity index (χ1n) is 14.1. The Morgan fingerprint density at radius 2 is 1.51 bits per heavy atom. The Morgan fingerprint density at radius 1 is 0.872 bits per heavy atom. The lowest BCUT2D eigenvalue weighted by Crippen LogP contribution is -2.54. The van der Waals surface area contributed by atoms with E-state index in [1.807, 2.05) is 55.5 Å². The summed E-state index contributed by atoms with van der Waals surface area (Å²) in [6.07, 6.45) is 9.46. The average molecular weight is 521 g/mol. The van der Waals surface area contributed by atoms with E-state index < -0.39 is 17.8 Å². The van der Waals surface area contributed by atoms with E-state index in [9.17, 15) is 14.4 Å². The van der Waals surface area contributed by atoms with Gasteiger partial charge in [0.1, 0.15) is 11.3 Å². The Morgan fingerprint density at radius 3 is 2.15 bits per heavy atom. The number of carbonyl (C=O) groups excluding carboxylic acids is 3. The molecule has 6 nitrogen and oxygen atoms in total. The van der Waals surface area contributed by atoms with Gasteiger partial charge in [-0.05, 0) is 109 Å². The van der Waals surface area contributed by atoms with Gasteiger partial charge in [-0.15, -0.1) is 0 Å². The number of imide groups is 2. The third-order valence-corrected chi connectivity index (χ3v) is 9.40. The summed E-state index contributed by atoms with van der Waals surface area (Å²) in [6.45, 7) is 2.46. The number of ether oxygens (including phenoxy) is 1. The normalized spacial score (nSPS) is 28.8. The molecule has 3 aromatic carbocycles. The number of fused-ring (bicyclic) bond motifs is 1. The summed E-state index contributed by atoms with van der Waals surface area (Å²) in [5, 5.41) is 4.12. The largest absolute Gasteiger partial charge is 0.493 e. The van der Waals surface area contributed by atoms with Crippen LogP contribution in [0.5, 0.6) is 5.75 Å². The van der Waals surface area contributed by atoms with Crippen LogP contribution in [0.2, 0.25) is 0 Å². The molecule has 0 spiro atoms. The predicted octanol–water partition coefficient (Wildman–Crippen LogP) is 6.37. The predicted molar refractivity (Wildman–Crippen MR) is 150 cm³/mol. The first-order valence-corrected chi connectivity index (χ1v) is 14.1. The Balaban J connectivity index is 1.21. The number of urea groups is 1. The number of hydrogen-bond donors (Lipinski definition) is 1. The van der Waals surface area contributed by atoms with Crippen LogP contribution >= 0.6 is 0 Å². The molecule has 5 fully saturated rings. The van der Waals surface area contributed by atoms with Gasteiger partial charge in [0, 0.05) is 5.39 Å². The molecule has 5 aliphatic rings. The van der Waals surface area contributed by atoms with Gasteiger partial charge < -0.3 is 4.74 Å². The van der Waals surface area contributed by atoms with Crippen LogP contribution in [0.4, 0.5) is 10.5 Å². The molecule has 3 aromatic rings. The van der Waals surface area contributed by atoms with Crippen LogP contribution in [-0.2, 0) is 15.0 Å². The number of nitrogens with zero attached hydrogens (tertiary/aromatic N) is 1. The van der Waals surface area contributed by atoms with Crippen molar-refractivity contribution in [3.05, 3.63) is 77.4 Å². The van der Waals surface area contributed by atoms with Gasteiger partial charge >= 0.3 is 6.03 Å². The van der Waals surface area contributed by atoms with Crippen molar-refractivity contribution >= 4 is 40.4 Å². The quantitative estimate of drug-likeness (QED) is 0.313. The first-order chi connectivity index (χ1) is 18.9. The molecule has 0 atom stereocenters. The van der Waals surface area contributed by atoms with Gasteiger partial charge in [0.25, 0.3) is 11.8 Å². The standard InChI is InChI=1S/C33H32N2O4/c1-2-39-29-12-7-23(26-5-3-4-6-27(26)29)16-28-30(36)34-32(38)35(31(28)37)25-10-8-24(9-11-25)33-17-20-13-21(18-33)15-22(14-20)19-33/h3-12,16,20-22H,2,13-15,17-19H2,1H3,(H,34,36,38)/b28-16+. The van der Waals surface area contributed by atoms with Crippen molar-refractivity contribution < 1.29 is 19.1 Å². The van der Waals surface area contributed by atoms with E-state index >= 15 is 0 Å². The molecule has 0 unspecified atom stereocenters. The van der Waals surface area contributed by atoms with Crippen LogP contribution in [0.3, 0.4) is 0 Å². The maximum absolute atomic E-state index is 13.6. The number of nitrogens with one attached hydrogen (secondary N) is 1. The third-order valence-electron chi connectivity index (χ3n) is 9.40. The van der Waals surface area contributed by atoms with Crippen LogP contribution in [0.15, 0.2) is 66.2 Å². The molecule has 8 rings (SSSR count). The summed E-state index contributed by atoms with van der Waals surface area (Å²) in [5.41, 5.74) is 2.66. The van der Waals surface area contributed by atoms with Gasteiger partial charge in [-0.2, -0.15) is 0 Å². The number of hydrogen-bond acceptors (Lipinski definition) is 4. The zero-order chi connectivity index (χ0) is 26.7. The summed E-state index contributed by atoms with van der Waals surface area (Å²) in [6, 6.07) is 18.6. The fourth-order valence-corrected chi connectivity index (χ4v) is 8.18. The Kier molecular flexibility index (Phi) is 5.62. The highest BCUT2D eigenvalue weighted by atomic mass is 16.5. The highest BCUT2D eigenvalue weighted by Crippen LogP contribution is 2.60. The molecule has 198 valence electrons. The fraction of sp³-hybridized carbons (Fsp3) is 0.364. The summed E-state index contributed by atoms with van der Waals surface area (Å²) in [7, 11) is 0. The van der Waals surface area contributed by atoms with Crippen LogP contribution in [0.1, 0.15) is 56.6 Å². The average Bonchev–Trinajstić information content (AvgIpc) is 2.91. The van der Waals surface area contributed by atoms with Gasteiger partial charge in [-0.3, -0.25) is 14.9 Å². The number of barbiturate groups is 1. The highest BCUT2D eigenvalue weighted by Gasteiger charge is 2.51. The molecule has 4 aliphatic carbocycles. The number of anilines is 1. The molecule has 39 heavy (non-hydrogen) atoms. The van der Waals surface area contributed by atoms with E-state index in [1.54, 1.807) is 6.08 Å². The van der Waals surface area contributed by atoms with Gasteiger partial charge in [0.2, 0.25) is 0 Å². The Bertz CT molecular complexity index is 1500. The summed E-state index contributed by atoms with van der Waals surface area (Å²) in [5.74, 6) is 1.94. The second kappa shape index (κ2) is 9.08. The molecule has 6 heteroatoms. The zero-order valence-electron chi connectivity index (χ0n) is 22.1. The molecule has 1 aliphatic heterocycles. The van der Waals surface area contributed by atoms with Gasteiger partial charge in [0.15, 0.2) is 0 Å². The zero-order valence-corrected chi connectivity index (χ0v) is 22.1. The molecule has 4 saturated carbocycles. The molecule has 0 aromatic heterocycles. The molecular weight excluding hydrogens is 488 g/mol. The molecule has 1 heterocycles. The van der Waals surface area contributed by atoms with E-state index in [1.165, 1.54) is 44.1 Å². The van der Waals surface area contributed by atoms with Crippen molar-refractivity contribution in [2.45, 2.75) is 50.9 Å². The second-order valence-electron chi connectivity index (χ2n) is 11.8. The molecule has 4 bridgehead atoms. The molecule has 1 saturated heterocycles. The summed E-state index contributed by atoms with van der Waals surface area (Å²) < 4.78 is 5.76. The summed E-state index contributed by atoms with van der Waals surface area (Å²) >= 11 is 0. The third kappa shape index (κ3) is 3.96. The van der Waals surface area contributed by atoms with E-state index in [0.717, 1.165) is 39.2 Å². The second-order valence-corrected chi connectivity index (χ2v) is 11.8. The van der Waals surface area contributed by atoms with E-state index in [2.05, 4.69) is 17.4 Å². The Labute approximate surface area is 228 Å². The molecular formula is C33H32N2O4. The topological polar surface area (TPSA) is 75.7 Å². The molecule has 4 amide bonds. The number of amides is 4. The molecule has 1 N–H and O–H groups in total. The maximum atomic E-state index is 13.6. The van der Waals surface area contributed by atoms with Gasteiger partial charge in [0.05, 0.1) is 12.3 Å². The van der Waals surface area contributed by atoms with Crippen molar-refractivity contribution in [3.63, 3.8) is 0 Å². The van der Waals surface area contributed by atoms with Crippen LogP contribution in [0, 0.1) is 17.8 Å². The van der Waals surface area contributed by atoms with E-state index in [0.29, 0.717) is 17.9 Å². The maximum Gasteiger partial charge on any atom is 0.335 e. The fourth-order valence-electron chi connectivity index (χ4n) is 8.18.